The van der Waals surface area contributed by atoms with Crippen molar-refractivity contribution in [3.63, 3.8) is 0 Å². The third-order valence-electron chi connectivity index (χ3n) is 2.96. The number of aromatic nitrogens is 4. The lowest BCUT2D eigenvalue weighted by atomic mass is 10.1. The Labute approximate surface area is 129 Å². The molecular formula is C15H11BrN4O. The highest BCUT2D eigenvalue weighted by molar-refractivity contribution is 9.10. The van der Waals surface area contributed by atoms with Crippen LogP contribution in [0, 0.1) is 0 Å². The summed E-state index contributed by atoms with van der Waals surface area (Å²) in [7, 11) is 0. The van der Waals surface area contributed by atoms with Crippen molar-refractivity contribution < 1.29 is 5.11 Å². The second-order valence-electron chi connectivity index (χ2n) is 4.40. The van der Waals surface area contributed by atoms with Crippen molar-refractivity contribution in [3.8, 4) is 11.4 Å². The number of aliphatic hydroxyl groups excluding tert-OH is 1. The van der Waals surface area contributed by atoms with Crippen molar-refractivity contribution >= 4 is 15.9 Å². The van der Waals surface area contributed by atoms with Crippen molar-refractivity contribution in [2.45, 2.75) is 6.10 Å². The molecule has 6 heteroatoms. The summed E-state index contributed by atoms with van der Waals surface area (Å²) in [5, 5.41) is 26.2. The van der Waals surface area contributed by atoms with Gasteiger partial charge >= 0.3 is 0 Å². The van der Waals surface area contributed by atoms with E-state index < -0.39 is 6.10 Å². The quantitative estimate of drug-likeness (QED) is 0.792. The molecule has 0 radical (unpaired) electrons. The molecule has 1 atom stereocenters. The monoisotopic (exact) mass is 342 g/mol. The van der Waals surface area contributed by atoms with Crippen LogP contribution in [0.4, 0.5) is 0 Å². The van der Waals surface area contributed by atoms with Gasteiger partial charge in [-0.2, -0.15) is 0 Å². The maximum Gasteiger partial charge on any atom is 0.206 e. The SMILES string of the molecule is OC(c1ccc(Br)cc1)c1nnc(-c2ccccc2)nn1. The Balaban J connectivity index is 1.85. The third kappa shape index (κ3) is 3.12. The summed E-state index contributed by atoms with van der Waals surface area (Å²) < 4.78 is 0.940. The highest BCUT2D eigenvalue weighted by Crippen LogP contribution is 2.20. The molecule has 0 fully saturated rings. The second kappa shape index (κ2) is 6.07. The van der Waals surface area contributed by atoms with Gasteiger partial charge in [0.15, 0.2) is 0 Å². The van der Waals surface area contributed by atoms with Crippen molar-refractivity contribution in [3.05, 3.63) is 70.5 Å². The van der Waals surface area contributed by atoms with Gasteiger partial charge in [-0.1, -0.05) is 58.4 Å². The van der Waals surface area contributed by atoms with Crippen LogP contribution >= 0.6 is 15.9 Å². The van der Waals surface area contributed by atoms with Crippen molar-refractivity contribution in [1.29, 1.82) is 0 Å². The first-order valence-corrected chi connectivity index (χ1v) is 7.09. The lowest BCUT2D eigenvalue weighted by molar-refractivity contribution is 0.206. The smallest absolute Gasteiger partial charge is 0.206 e. The molecule has 104 valence electrons. The number of rotatable bonds is 3. The molecule has 0 aliphatic carbocycles. The van der Waals surface area contributed by atoms with Crippen molar-refractivity contribution in [2.75, 3.05) is 0 Å². The molecule has 2 aromatic carbocycles. The van der Waals surface area contributed by atoms with Crippen LogP contribution in [-0.2, 0) is 0 Å². The van der Waals surface area contributed by atoms with Crippen LogP contribution in [-0.4, -0.2) is 25.5 Å². The molecule has 3 aromatic rings. The minimum atomic E-state index is -0.942. The predicted molar refractivity (Wildman–Crippen MR) is 81.3 cm³/mol. The highest BCUT2D eigenvalue weighted by Gasteiger charge is 2.15. The average Bonchev–Trinajstić information content (AvgIpc) is 2.56. The normalized spacial score (nSPS) is 12.1. The number of nitrogens with zero attached hydrogens (tertiary/aromatic N) is 4. The molecule has 1 aromatic heterocycles. The Morgan fingerprint density at radius 1 is 0.810 bits per heavy atom. The summed E-state index contributed by atoms with van der Waals surface area (Å²) in [6, 6.07) is 16.7. The minimum Gasteiger partial charge on any atom is -0.380 e. The highest BCUT2D eigenvalue weighted by atomic mass is 79.9. The molecule has 5 nitrogen and oxygen atoms in total. The zero-order valence-corrected chi connectivity index (χ0v) is 12.5. The molecule has 0 saturated heterocycles. The molecule has 0 amide bonds. The van der Waals surface area contributed by atoms with Crippen LogP contribution in [0.3, 0.4) is 0 Å². The molecule has 3 rings (SSSR count). The van der Waals surface area contributed by atoms with Gasteiger partial charge in [-0.25, -0.2) is 0 Å². The van der Waals surface area contributed by atoms with Gasteiger partial charge in [0.1, 0.15) is 6.10 Å². The van der Waals surface area contributed by atoms with E-state index in [1.807, 2.05) is 42.5 Å². The Morgan fingerprint density at radius 2 is 1.43 bits per heavy atom. The zero-order chi connectivity index (χ0) is 14.7. The van der Waals surface area contributed by atoms with E-state index in [0.29, 0.717) is 11.4 Å². The lowest BCUT2D eigenvalue weighted by Gasteiger charge is -2.08. The standard InChI is InChI=1S/C15H11BrN4O/c16-12-8-6-10(7-9-12)13(21)15-19-17-14(18-20-15)11-4-2-1-3-5-11/h1-9,13,21H. The van der Waals surface area contributed by atoms with Crippen LogP contribution < -0.4 is 0 Å². The first kappa shape index (κ1) is 13.8. The number of hydrogen-bond acceptors (Lipinski definition) is 5. The van der Waals surface area contributed by atoms with Crippen molar-refractivity contribution in [2.24, 2.45) is 0 Å². The van der Waals surface area contributed by atoms with E-state index in [9.17, 15) is 5.11 Å². The fraction of sp³-hybridized carbons (Fsp3) is 0.0667. The van der Waals surface area contributed by atoms with E-state index in [4.69, 9.17) is 0 Å². The summed E-state index contributed by atoms with van der Waals surface area (Å²) in [5.74, 6) is 0.611. The second-order valence-corrected chi connectivity index (χ2v) is 5.32. The van der Waals surface area contributed by atoms with Gasteiger partial charge in [-0.05, 0) is 17.7 Å². The van der Waals surface area contributed by atoms with Gasteiger partial charge in [0, 0.05) is 10.0 Å². The summed E-state index contributed by atoms with van der Waals surface area (Å²) >= 11 is 3.35. The molecule has 21 heavy (non-hydrogen) atoms. The van der Waals surface area contributed by atoms with E-state index in [1.165, 1.54) is 0 Å². The van der Waals surface area contributed by atoms with Gasteiger partial charge < -0.3 is 5.11 Å². The topological polar surface area (TPSA) is 71.8 Å². The predicted octanol–water partition coefficient (Wildman–Crippen LogP) is 2.78. The van der Waals surface area contributed by atoms with Gasteiger partial charge in [-0.3, -0.25) is 0 Å². The molecule has 0 spiro atoms. The molecule has 0 aliphatic heterocycles. The zero-order valence-electron chi connectivity index (χ0n) is 10.9. The number of aliphatic hydroxyl groups is 1. The minimum absolute atomic E-state index is 0.178. The van der Waals surface area contributed by atoms with E-state index in [1.54, 1.807) is 12.1 Å². The molecule has 0 aliphatic rings. The van der Waals surface area contributed by atoms with Crippen LogP contribution in [0.15, 0.2) is 59.1 Å². The molecule has 0 saturated carbocycles. The molecular weight excluding hydrogens is 332 g/mol. The van der Waals surface area contributed by atoms with Crippen LogP contribution in [0.5, 0.6) is 0 Å². The first-order chi connectivity index (χ1) is 10.2. The summed E-state index contributed by atoms with van der Waals surface area (Å²) in [5.41, 5.74) is 1.52. The Morgan fingerprint density at radius 3 is 2.05 bits per heavy atom. The fourth-order valence-electron chi connectivity index (χ4n) is 1.84. The fourth-order valence-corrected chi connectivity index (χ4v) is 2.11. The molecule has 1 heterocycles. The van der Waals surface area contributed by atoms with Gasteiger partial charge in [-0.15, -0.1) is 20.4 Å². The number of hydrogen-bond donors (Lipinski definition) is 1. The van der Waals surface area contributed by atoms with E-state index in [-0.39, 0.29) is 5.82 Å². The lowest BCUT2D eigenvalue weighted by Crippen LogP contribution is -2.09. The third-order valence-corrected chi connectivity index (χ3v) is 3.49. The van der Waals surface area contributed by atoms with E-state index >= 15 is 0 Å². The van der Waals surface area contributed by atoms with Crippen LogP contribution in [0.25, 0.3) is 11.4 Å². The van der Waals surface area contributed by atoms with Gasteiger partial charge in [0.2, 0.25) is 11.6 Å². The Bertz CT molecular complexity index is 717. The molecule has 1 N–H and O–H groups in total. The summed E-state index contributed by atoms with van der Waals surface area (Å²) in [4.78, 5) is 0. The average molecular weight is 343 g/mol. The largest absolute Gasteiger partial charge is 0.380 e. The van der Waals surface area contributed by atoms with Crippen molar-refractivity contribution in [1.82, 2.24) is 20.4 Å². The molecule has 0 bridgehead atoms. The van der Waals surface area contributed by atoms with E-state index in [0.717, 1.165) is 10.0 Å². The number of halogens is 1. The Kier molecular flexibility index (Phi) is 3.98. The summed E-state index contributed by atoms with van der Waals surface area (Å²) in [6.45, 7) is 0. The molecule has 1 unspecified atom stereocenters. The maximum atomic E-state index is 10.2. The van der Waals surface area contributed by atoms with Gasteiger partial charge in [0.05, 0.1) is 0 Å². The Hall–Kier alpha value is -2.18. The van der Waals surface area contributed by atoms with Crippen LogP contribution in [0.1, 0.15) is 17.5 Å². The number of benzene rings is 2. The first-order valence-electron chi connectivity index (χ1n) is 6.30. The summed E-state index contributed by atoms with van der Waals surface area (Å²) in [6.07, 6.45) is -0.942. The van der Waals surface area contributed by atoms with Crippen LogP contribution in [0.2, 0.25) is 0 Å². The van der Waals surface area contributed by atoms with E-state index in [2.05, 4.69) is 36.3 Å². The maximum absolute atomic E-state index is 10.2. The van der Waals surface area contributed by atoms with Gasteiger partial charge in [0.25, 0.3) is 0 Å².